The molecule has 0 fully saturated rings. The van der Waals surface area contributed by atoms with Gasteiger partial charge in [0.25, 0.3) is 0 Å². The first-order valence-electron chi connectivity index (χ1n) is 6.19. The van der Waals surface area contributed by atoms with Crippen LogP contribution in [-0.2, 0) is 4.79 Å². The summed E-state index contributed by atoms with van der Waals surface area (Å²) in [6.45, 7) is 0.0473. The summed E-state index contributed by atoms with van der Waals surface area (Å²) in [7, 11) is 0. The van der Waals surface area contributed by atoms with E-state index in [1.165, 1.54) is 6.07 Å². The molecule has 0 aliphatic heterocycles. The van der Waals surface area contributed by atoms with Gasteiger partial charge in [-0.3, -0.25) is 4.79 Å². The Balaban J connectivity index is 1.87. The highest BCUT2D eigenvalue weighted by Gasteiger charge is 2.12. The zero-order valence-electron chi connectivity index (χ0n) is 10.9. The Kier molecular flexibility index (Phi) is 5.11. The van der Waals surface area contributed by atoms with Crippen molar-refractivity contribution in [1.82, 2.24) is 0 Å². The van der Waals surface area contributed by atoms with E-state index in [0.717, 1.165) is 12.1 Å². The molecule has 2 aromatic rings. The smallest absolute Gasteiger partial charge is 0.227 e. The Morgan fingerprint density at radius 3 is 2.43 bits per heavy atom. The van der Waals surface area contributed by atoms with Gasteiger partial charge in [-0.1, -0.05) is 29.8 Å². The first-order valence-corrected chi connectivity index (χ1v) is 6.57. The first-order chi connectivity index (χ1) is 10.1. The van der Waals surface area contributed by atoms with Crippen LogP contribution >= 0.6 is 11.6 Å². The highest BCUT2D eigenvalue weighted by Crippen LogP contribution is 2.23. The highest BCUT2D eigenvalue weighted by molar-refractivity contribution is 6.32. The van der Waals surface area contributed by atoms with Crippen LogP contribution in [-0.4, -0.2) is 12.5 Å². The summed E-state index contributed by atoms with van der Waals surface area (Å²) >= 11 is 5.89. The number of hydrogen-bond acceptors (Lipinski definition) is 2. The van der Waals surface area contributed by atoms with Crippen LogP contribution in [0.5, 0.6) is 5.75 Å². The lowest BCUT2D eigenvalue weighted by molar-refractivity contribution is -0.116. The predicted octanol–water partition coefficient (Wildman–Crippen LogP) is 4.03. The zero-order chi connectivity index (χ0) is 15.2. The van der Waals surface area contributed by atoms with Crippen molar-refractivity contribution in [3.8, 4) is 5.75 Å². The second-order valence-electron chi connectivity index (χ2n) is 4.17. The Bertz CT molecular complexity index is 629. The van der Waals surface area contributed by atoms with Crippen LogP contribution in [0.15, 0.2) is 42.5 Å². The molecule has 0 heterocycles. The van der Waals surface area contributed by atoms with Crippen LogP contribution in [0, 0.1) is 11.6 Å². The molecule has 2 aromatic carbocycles. The summed E-state index contributed by atoms with van der Waals surface area (Å²) in [5.41, 5.74) is -0.458. The largest absolute Gasteiger partial charge is 0.491 e. The van der Waals surface area contributed by atoms with Crippen molar-refractivity contribution in [1.29, 1.82) is 0 Å². The van der Waals surface area contributed by atoms with Crippen molar-refractivity contribution in [3.63, 3.8) is 0 Å². The number of benzene rings is 2. The molecule has 110 valence electrons. The molecule has 2 rings (SSSR count). The lowest BCUT2D eigenvalue weighted by atomic mass is 10.2. The maximum Gasteiger partial charge on any atom is 0.227 e. The molecule has 0 unspecified atom stereocenters. The van der Waals surface area contributed by atoms with Crippen molar-refractivity contribution in [2.24, 2.45) is 0 Å². The van der Waals surface area contributed by atoms with E-state index in [1.54, 1.807) is 24.3 Å². The SMILES string of the molecule is O=C(CCOc1ccccc1Cl)Nc1c(F)cccc1F. The molecular weight excluding hydrogens is 300 g/mol. The van der Waals surface area contributed by atoms with Crippen molar-refractivity contribution in [2.45, 2.75) is 6.42 Å². The van der Waals surface area contributed by atoms with Gasteiger partial charge >= 0.3 is 0 Å². The van der Waals surface area contributed by atoms with E-state index >= 15 is 0 Å². The van der Waals surface area contributed by atoms with Crippen molar-refractivity contribution >= 4 is 23.2 Å². The number of para-hydroxylation sites is 2. The molecule has 6 heteroatoms. The lowest BCUT2D eigenvalue weighted by Crippen LogP contribution is -2.17. The molecule has 0 aliphatic rings. The molecule has 0 saturated carbocycles. The molecule has 21 heavy (non-hydrogen) atoms. The number of carbonyl (C=O) groups is 1. The number of halogens is 3. The summed E-state index contributed by atoms with van der Waals surface area (Å²) in [5.74, 6) is -1.75. The van der Waals surface area contributed by atoms with Gasteiger partial charge in [-0.05, 0) is 24.3 Å². The van der Waals surface area contributed by atoms with Gasteiger partial charge in [-0.25, -0.2) is 8.78 Å². The third-order valence-corrected chi connectivity index (χ3v) is 2.96. The van der Waals surface area contributed by atoms with E-state index in [1.807, 2.05) is 0 Å². The number of ether oxygens (including phenoxy) is 1. The fraction of sp³-hybridized carbons (Fsp3) is 0.133. The number of carbonyl (C=O) groups excluding carboxylic acids is 1. The quantitative estimate of drug-likeness (QED) is 0.905. The Hall–Kier alpha value is -2.14. The number of anilines is 1. The summed E-state index contributed by atoms with van der Waals surface area (Å²) < 4.78 is 32.0. The van der Waals surface area contributed by atoms with Gasteiger partial charge in [0.15, 0.2) is 0 Å². The fourth-order valence-corrected chi connectivity index (χ4v) is 1.82. The van der Waals surface area contributed by atoms with Crippen LogP contribution in [0.25, 0.3) is 0 Å². The van der Waals surface area contributed by atoms with Gasteiger partial charge in [0, 0.05) is 0 Å². The normalized spacial score (nSPS) is 10.2. The van der Waals surface area contributed by atoms with E-state index in [9.17, 15) is 13.6 Å². The van der Waals surface area contributed by atoms with Crippen LogP contribution in [0.1, 0.15) is 6.42 Å². The van der Waals surface area contributed by atoms with E-state index in [0.29, 0.717) is 10.8 Å². The van der Waals surface area contributed by atoms with Gasteiger partial charge in [0.1, 0.15) is 23.1 Å². The lowest BCUT2D eigenvalue weighted by Gasteiger charge is -2.09. The fourth-order valence-electron chi connectivity index (χ4n) is 1.63. The van der Waals surface area contributed by atoms with E-state index in [2.05, 4.69) is 5.32 Å². The van der Waals surface area contributed by atoms with E-state index in [-0.39, 0.29) is 13.0 Å². The zero-order valence-corrected chi connectivity index (χ0v) is 11.7. The Morgan fingerprint density at radius 1 is 1.10 bits per heavy atom. The number of rotatable bonds is 5. The number of amides is 1. The summed E-state index contributed by atoms with van der Waals surface area (Å²) in [6, 6.07) is 10.2. The molecule has 0 atom stereocenters. The second kappa shape index (κ2) is 7.04. The van der Waals surface area contributed by atoms with Gasteiger partial charge in [-0.2, -0.15) is 0 Å². The molecule has 0 spiro atoms. The monoisotopic (exact) mass is 311 g/mol. The Labute approximate surface area is 125 Å². The molecule has 1 amide bonds. The average molecular weight is 312 g/mol. The number of hydrogen-bond donors (Lipinski definition) is 1. The average Bonchev–Trinajstić information content (AvgIpc) is 2.45. The van der Waals surface area contributed by atoms with Gasteiger partial charge in [-0.15, -0.1) is 0 Å². The van der Waals surface area contributed by atoms with Crippen molar-refractivity contribution < 1.29 is 18.3 Å². The molecule has 0 bridgehead atoms. The molecule has 0 aromatic heterocycles. The van der Waals surface area contributed by atoms with Crippen LogP contribution in [0.2, 0.25) is 5.02 Å². The maximum absolute atomic E-state index is 13.3. The number of nitrogens with one attached hydrogen (secondary N) is 1. The van der Waals surface area contributed by atoms with Crippen LogP contribution < -0.4 is 10.1 Å². The minimum absolute atomic E-state index is 0.0473. The van der Waals surface area contributed by atoms with Crippen LogP contribution in [0.3, 0.4) is 0 Å². The van der Waals surface area contributed by atoms with E-state index in [4.69, 9.17) is 16.3 Å². The molecule has 1 N–H and O–H groups in total. The first kappa shape index (κ1) is 15.3. The summed E-state index contributed by atoms with van der Waals surface area (Å²) in [4.78, 5) is 11.6. The van der Waals surface area contributed by atoms with Gasteiger partial charge in [0.2, 0.25) is 5.91 Å². The maximum atomic E-state index is 13.3. The minimum atomic E-state index is -0.824. The standard InChI is InChI=1S/C15H12ClF2NO2/c16-10-4-1-2-7-13(10)21-9-8-14(20)19-15-11(17)5-3-6-12(15)18/h1-7H,8-9H2,(H,19,20). The van der Waals surface area contributed by atoms with Crippen molar-refractivity contribution in [3.05, 3.63) is 59.1 Å². The molecule has 3 nitrogen and oxygen atoms in total. The predicted molar refractivity (Wildman–Crippen MR) is 76.6 cm³/mol. The minimum Gasteiger partial charge on any atom is -0.491 e. The van der Waals surface area contributed by atoms with Gasteiger partial charge < -0.3 is 10.1 Å². The van der Waals surface area contributed by atoms with E-state index < -0.39 is 23.2 Å². The summed E-state index contributed by atoms with van der Waals surface area (Å²) in [6.07, 6.45) is -0.0566. The second-order valence-corrected chi connectivity index (χ2v) is 4.58. The topological polar surface area (TPSA) is 38.3 Å². The summed E-state index contributed by atoms with van der Waals surface area (Å²) in [5, 5.41) is 2.61. The molecule has 0 aliphatic carbocycles. The van der Waals surface area contributed by atoms with Crippen molar-refractivity contribution in [2.75, 3.05) is 11.9 Å². The molecule has 0 radical (unpaired) electrons. The highest BCUT2D eigenvalue weighted by atomic mass is 35.5. The Morgan fingerprint density at radius 2 is 1.76 bits per heavy atom. The third-order valence-electron chi connectivity index (χ3n) is 2.65. The van der Waals surface area contributed by atoms with Crippen LogP contribution in [0.4, 0.5) is 14.5 Å². The molecular formula is C15H12ClF2NO2. The van der Waals surface area contributed by atoms with Gasteiger partial charge in [0.05, 0.1) is 18.1 Å². The third kappa shape index (κ3) is 4.16. The molecule has 0 saturated heterocycles.